The maximum atomic E-state index is 12.5. The monoisotopic (exact) mass is 384 g/mol. The van der Waals surface area contributed by atoms with Gasteiger partial charge < -0.3 is 15.5 Å². The lowest BCUT2D eigenvalue weighted by molar-refractivity contribution is -0.132. The van der Waals surface area contributed by atoms with Gasteiger partial charge in [0.15, 0.2) is 5.96 Å². The average molecular weight is 385 g/mol. The van der Waals surface area contributed by atoms with Gasteiger partial charge in [-0.1, -0.05) is 30.3 Å². The number of amides is 1. The molecule has 5 nitrogen and oxygen atoms in total. The molecule has 0 unspecified atom stereocenters. The van der Waals surface area contributed by atoms with Crippen molar-refractivity contribution in [2.24, 2.45) is 4.99 Å². The fourth-order valence-electron chi connectivity index (χ4n) is 3.21. The van der Waals surface area contributed by atoms with Crippen LogP contribution in [-0.4, -0.2) is 36.4 Å². The minimum absolute atomic E-state index is 0.242. The maximum Gasteiger partial charge on any atom is 0.222 e. The Labute approximate surface area is 165 Å². The Morgan fingerprint density at radius 3 is 2.81 bits per heavy atom. The second-order valence-electron chi connectivity index (χ2n) is 6.64. The molecule has 2 N–H and O–H groups in total. The highest BCUT2D eigenvalue weighted by Crippen LogP contribution is 2.19. The number of fused-ring (bicyclic) bond motifs is 1. The third-order valence-corrected chi connectivity index (χ3v) is 5.52. The molecule has 1 aliphatic heterocycles. The maximum absolute atomic E-state index is 12.5. The summed E-state index contributed by atoms with van der Waals surface area (Å²) in [6.45, 7) is 5.87. The molecule has 0 spiro atoms. The third-order valence-electron chi connectivity index (χ3n) is 4.66. The zero-order valence-electron chi connectivity index (χ0n) is 15.9. The van der Waals surface area contributed by atoms with E-state index in [1.54, 1.807) is 11.3 Å². The number of thiophene rings is 1. The summed E-state index contributed by atoms with van der Waals surface area (Å²) in [5.41, 5.74) is 2.66. The first kappa shape index (κ1) is 19.4. The lowest BCUT2D eigenvalue weighted by Gasteiger charge is -2.29. The molecule has 3 rings (SSSR count). The zero-order chi connectivity index (χ0) is 18.9. The van der Waals surface area contributed by atoms with E-state index in [1.807, 2.05) is 11.0 Å². The highest BCUT2D eigenvalue weighted by molar-refractivity contribution is 7.09. The van der Waals surface area contributed by atoms with Gasteiger partial charge in [0.1, 0.15) is 0 Å². The first-order valence-corrected chi connectivity index (χ1v) is 10.5. The van der Waals surface area contributed by atoms with Gasteiger partial charge in [0.2, 0.25) is 5.91 Å². The van der Waals surface area contributed by atoms with Crippen LogP contribution in [0.5, 0.6) is 0 Å². The molecule has 0 atom stereocenters. The molecule has 27 heavy (non-hydrogen) atoms. The Hall–Kier alpha value is -2.34. The fourth-order valence-corrected chi connectivity index (χ4v) is 3.84. The molecule has 1 amide bonds. The molecule has 2 aromatic rings. The fraction of sp³-hybridized carbons (Fsp3) is 0.429. The quantitative estimate of drug-likeness (QED) is 0.438. The van der Waals surface area contributed by atoms with Crippen molar-refractivity contribution < 1.29 is 4.79 Å². The van der Waals surface area contributed by atoms with Crippen molar-refractivity contribution >= 4 is 23.2 Å². The van der Waals surface area contributed by atoms with E-state index in [0.717, 1.165) is 45.0 Å². The van der Waals surface area contributed by atoms with E-state index in [0.29, 0.717) is 13.0 Å². The molecule has 1 aromatic heterocycles. The number of carbonyl (C=O) groups excluding carboxylic acids is 1. The summed E-state index contributed by atoms with van der Waals surface area (Å²) in [7, 11) is 0. The molecule has 0 radical (unpaired) electrons. The molecule has 0 saturated carbocycles. The topological polar surface area (TPSA) is 56.7 Å². The number of aliphatic imine (C=N–C) groups is 1. The summed E-state index contributed by atoms with van der Waals surface area (Å²) in [4.78, 5) is 20.3. The predicted octanol–water partition coefficient (Wildman–Crippen LogP) is 3.17. The average Bonchev–Trinajstić information content (AvgIpc) is 3.22. The molecule has 0 aliphatic carbocycles. The number of nitrogens with zero attached hydrogens (tertiary/aromatic N) is 2. The summed E-state index contributed by atoms with van der Waals surface area (Å²) in [6, 6.07) is 12.5. The van der Waals surface area contributed by atoms with Crippen LogP contribution in [0.4, 0.5) is 0 Å². The van der Waals surface area contributed by atoms with E-state index in [-0.39, 0.29) is 5.91 Å². The van der Waals surface area contributed by atoms with Crippen LogP contribution in [0.25, 0.3) is 0 Å². The molecule has 0 fully saturated rings. The number of nitrogens with one attached hydrogen (secondary N) is 2. The minimum atomic E-state index is 0.242. The lowest BCUT2D eigenvalue weighted by atomic mass is 9.99. The molecule has 144 valence electrons. The van der Waals surface area contributed by atoms with Crippen LogP contribution in [0.15, 0.2) is 46.8 Å². The van der Waals surface area contributed by atoms with Crippen LogP contribution in [0.1, 0.15) is 35.8 Å². The van der Waals surface area contributed by atoms with E-state index in [2.05, 4.69) is 58.3 Å². The van der Waals surface area contributed by atoms with Crippen molar-refractivity contribution in [2.75, 3.05) is 19.6 Å². The highest BCUT2D eigenvalue weighted by Gasteiger charge is 2.19. The van der Waals surface area contributed by atoms with Gasteiger partial charge in [-0.15, -0.1) is 11.3 Å². The number of benzene rings is 1. The Balaban J connectivity index is 1.40. The van der Waals surface area contributed by atoms with E-state index in [9.17, 15) is 4.79 Å². The molecule has 0 saturated heterocycles. The van der Waals surface area contributed by atoms with Crippen LogP contribution >= 0.6 is 11.3 Å². The van der Waals surface area contributed by atoms with Crippen molar-refractivity contribution in [3.63, 3.8) is 0 Å². The van der Waals surface area contributed by atoms with Gasteiger partial charge >= 0.3 is 0 Å². The lowest BCUT2D eigenvalue weighted by Crippen LogP contribution is -2.39. The predicted molar refractivity (Wildman–Crippen MR) is 112 cm³/mol. The van der Waals surface area contributed by atoms with Gasteiger partial charge in [-0.3, -0.25) is 4.79 Å². The van der Waals surface area contributed by atoms with Crippen LogP contribution in [-0.2, 0) is 24.3 Å². The Morgan fingerprint density at radius 1 is 1.19 bits per heavy atom. The standard InChI is InChI=1S/C21H28N4OS/c1-2-22-21(24-15-19-9-6-14-27-19)23-12-5-10-20(26)25-13-11-17-7-3-4-8-18(17)16-25/h3-4,6-9,14H,2,5,10-13,15-16H2,1H3,(H2,22,23,24). The van der Waals surface area contributed by atoms with Gasteiger partial charge in [0.25, 0.3) is 0 Å². The van der Waals surface area contributed by atoms with E-state index >= 15 is 0 Å². The van der Waals surface area contributed by atoms with Gasteiger partial charge in [-0.25, -0.2) is 4.99 Å². The largest absolute Gasteiger partial charge is 0.357 e. The number of hydrogen-bond acceptors (Lipinski definition) is 3. The summed E-state index contributed by atoms with van der Waals surface area (Å²) in [5.74, 6) is 1.05. The van der Waals surface area contributed by atoms with Gasteiger partial charge in [-0.05, 0) is 42.3 Å². The summed E-state index contributed by atoms with van der Waals surface area (Å²) in [5, 5.41) is 8.65. The summed E-state index contributed by atoms with van der Waals surface area (Å²) in [6.07, 6.45) is 2.33. The molecule has 1 aromatic carbocycles. The van der Waals surface area contributed by atoms with Crippen LogP contribution in [0.3, 0.4) is 0 Å². The van der Waals surface area contributed by atoms with E-state index < -0.39 is 0 Å². The van der Waals surface area contributed by atoms with Gasteiger partial charge in [0.05, 0.1) is 6.54 Å². The number of carbonyl (C=O) groups is 1. The minimum Gasteiger partial charge on any atom is -0.357 e. The van der Waals surface area contributed by atoms with Crippen molar-refractivity contribution in [3.05, 3.63) is 57.8 Å². The second kappa shape index (κ2) is 10.1. The number of guanidine groups is 1. The summed E-state index contributed by atoms with van der Waals surface area (Å²) >= 11 is 1.71. The SMILES string of the molecule is CCNC(=NCc1cccs1)NCCCC(=O)N1CCc2ccccc2C1. The Kier molecular flexibility index (Phi) is 7.27. The van der Waals surface area contributed by atoms with Crippen LogP contribution in [0, 0.1) is 0 Å². The Bertz CT molecular complexity index is 757. The van der Waals surface area contributed by atoms with Crippen molar-refractivity contribution in [1.29, 1.82) is 0 Å². The number of hydrogen-bond donors (Lipinski definition) is 2. The van der Waals surface area contributed by atoms with Crippen molar-refractivity contribution in [1.82, 2.24) is 15.5 Å². The normalized spacial score (nSPS) is 14.0. The number of rotatable bonds is 7. The zero-order valence-corrected chi connectivity index (χ0v) is 16.7. The highest BCUT2D eigenvalue weighted by atomic mass is 32.1. The van der Waals surface area contributed by atoms with E-state index in [4.69, 9.17) is 0 Å². The van der Waals surface area contributed by atoms with Crippen molar-refractivity contribution in [3.8, 4) is 0 Å². The molecular formula is C21H28N4OS. The molecule has 1 aliphatic rings. The van der Waals surface area contributed by atoms with Crippen LogP contribution < -0.4 is 10.6 Å². The van der Waals surface area contributed by atoms with Gasteiger partial charge in [0, 0.05) is 37.5 Å². The molecule has 2 heterocycles. The molecule has 6 heteroatoms. The first-order chi connectivity index (χ1) is 13.3. The molecular weight excluding hydrogens is 356 g/mol. The first-order valence-electron chi connectivity index (χ1n) is 9.65. The van der Waals surface area contributed by atoms with Crippen molar-refractivity contribution in [2.45, 2.75) is 39.3 Å². The smallest absolute Gasteiger partial charge is 0.222 e. The summed E-state index contributed by atoms with van der Waals surface area (Å²) < 4.78 is 0. The Morgan fingerprint density at radius 2 is 2.04 bits per heavy atom. The third kappa shape index (κ3) is 5.82. The molecule has 0 bridgehead atoms. The second-order valence-corrected chi connectivity index (χ2v) is 7.67. The van der Waals surface area contributed by atoms with Gasteiger partial charge in [-0.2, -0.15) is 0 Å². The van der Waals surface area contributed by atoms with E-state index in [1.165, 1.54) is 16.0 Å². The van der Waals surface area contributed by atoms with Crippen LogP contribution in [0.2, 0.25) is 0 Å².